The summed E-state index contributed by atoms with van der Waals surface area (Å²) in [5.41, 5.74) is 9.05. The molecule has 2 aromatic rings. The first-order valence-electron chi connectivity index (χ1n) is 11.9. The van der Waals surface area contributed by atoms with Crippen LogP contribution in [0.2, 0.25) is 0 Å². The van der Waals surface area contributed by atoms with Gasteiger partial charge < -0.3 is 20.7 Å². The number of nitrogens with one attached hydrogen (secondary N) is 2. The topological polar surface area (TPSA) is 70.4 Å². The third-order valence-electron chi connectivity index (χ3n) is 5.43. The number of anilines is 2. The van der Waals surface area contributed by atoms with Crippen molar-refractivity contribution in [2.75, 3.05) is 41.8 Å². The summed E-state index contributed by atoms with van der Waals surface area (Å²) in [4.78, 5) is 14.4. The Morgan fingerprint density at radius 1 is 1.03 bits per heavy atom. The maximum atomic E-state index is 13.2. The van der Waals surface area contributed by atoms with Crippen LogP contribution in [0.25, 0.3) is 0 Å². The molecule has 0 atom stereocenters. The monoisotopic (exact) mass is 488 g/mol. The fraction of sp³-hybridized carbons (Fsp3) is 0.500. The first kappa shape index (κ1) is 27.6. The Kier molecular flexibility index (Phi) is 13.4. The predicted molar refractivity (Wildman–Crippen MR) is 148 cm³/mol. The van der Waals surface area contributed by atoms with Crippen molar-refractivity contribution >= 4 is 41.0 Å². The normalized spacial score (nSPS) is 10.9. The minimum atomic E-state index is -0.0916. The molecule has 0 aromatic heterocycles. The molecule has 0 aliphatic carbocycles. The van der Waals surface area contributed by atoms with Crippen LogP contribution in [-0.2, 0) is 6.54 Å². The lowest BCUT2D eigenvalue weighted by atomic mass is 10.1. The molecule has 0 fully saturated rings. The van der Waals surface area contributed by atoms with Gasteiger partial charge in [0.25, 0.3) is 5.91 Å². The molecule has 7 heteroatoms. The standard InChI is InChI=1S/C26H40N4OS2/c1-4-5-6-7-8-18-33-23-13-11-22(12-14-23)29-26(31)24-19-21(20-28-17-9-16-27)10-15-25(24)30(2)32-3/h10-15,19,28H,4-9,16-18,20,27H2,1-3H3,(H,29,31). The van der Waals surface area contributed by atoms with E-state index < -0.39 is 0 Å². The van der Waals surface area contributed by atoms with E-state index in [-0.39, 0.29) is 5.91 Å². The van der Waals surface area contributed by atoms with Gasteiger partial charge in [-0.1, -0.05) is 50.6 Å². The predicted octanol–water partition coefficient (Wildman–Crippen LogP) is 6.15. The van der Waals surface area contributed by atoms with Crippen molar-refractivity contribution in [2.45, 2.75) is 56.9 Å². The van der Waals surface area contributed by atoms with Crippen molar-refractivity contribution in [1.82, 2.24) is 5.32 Å². The van der Waals surface area contributed by atoms with Crippen LogP contribution in [0.1, 0.15) is 61.4 Å². The number of carbonyl (C=O) groups is 1. The molecule has 0 aliphatic rings. The second-order valence-corrected chi connectivity index (χ2v) is 10.2. The van der Waals surface area contributed by atoms with E-state index in [1.165, 1.54) is 37.0 Å². The second-order valence-electron chi connectivity index (χ2n) is 8.09. The molecule has 0 saturated carbocycles. The summed E-state index contributed by atoms with van der Waals surface area (Å²) in [5, 5.41) is 6.46. The molecule has 0 unspecified atom stereocenters. The van der Waals surface area contributed by atoms with Crippen molar-refractivity contribution in [2.24, 2.45) is 5.73 Å². The highest BCUT2D eigenvalue weighted by Gasteiger charge is 2.16. The third kappa shape index (κ3) is 10.0. The number of rotatable bonds is 16. The quantitative estimate of drug-likeness (QED) is 0.149. The van der Waals surface area contributed by atoms with Crippen LogP contribution in [0.15, 0.2) is 47.4 Å². The van der Waals surface area contributed by atoms with Gasteiger partial charge in [-0.25, -0.2) is 0 Å². The Labute approximate surface area is 208 Å². The fourth-order valence-corrected chi connectivity index (χ4v) is 4.70. The Balaban J connectivity index is 1.99. The average Bonchev–Trinajstić information content (AvgIpc) is 2.84. The Hall–Kier alpha value is -1.67. The number of benzene rings is 2. The van der Waals surface area contributed by atoms with E-state index in [1.807, 2.05) is 53.6 Å². The fourth-order valence-electron chi connectivity index (χ4n) is 3.44. The van der Waals surface area contributed by atoms with Crippen LogP contribution in [0.4, 0.5) is 11.4 Å². The lowest BCUT2D eigenvalue weighted by Crippen LogP contribution is -2.20. The second kappa shape index (κ2) is 16.0. The SMILES string of the molecule is CCCCCCCSc1ccc(NC(=O)c2cc(CNCCCN)ccc2N(C)SC)cc1. The molecule has 0 heterocycles. The van der Waals surface area contributed by atoms with E-state index in [9.17, 15) is 4.79 Å². The maximum absolute atomic E-state index is 13.2. The molecular weight excluding hydrogens is 448 g/mol. The number of unbranched alkanes of at least 4 members (excludes halogenated alkanes) is 4. The molecule has 4 N–H and O–H groups in total. The number of thioether (sulfide) groups is 1. The van der Waals surface area contributed by atoms with Crippen molar-refractivity contribution in [3.05, 3.63) is 53.6 Å². The molecule has 5 nitrogen and oxygen atoms in total. The number of nitrogens with zero attached hydrogens (tertiary/aromatic N) is 1. The minimum Gasteiger partial charge on any atom is -0.330 e. The van der Waals surface area contributed by atoms with E-state index in [2.05, 4.69) is 35.8 Å². The van der Waals surface area contributed by atoms with Crippen LogP contribution in [0.3, 0.4) is 0 Å². The molecule has 1 amide bonds. The van der Waals surface area contributed by atoms with Crippen LogP contribution in [0, 0.1) is 0 Å². The molecular formula is C26H40N4OS2. The highest BCUT2D eigenvalue weighted by Crippen LogP contribution is 2.27. The van der Waals surface area contributed by atoms with E-state index in [1.54, 1.807) is 11.9 Å². The summed E-state index contributed by atoms with van der Waals surface area (Å²) in [6.45, 7) is 4.51. The molecule has 33 heavy (non-hydrogen) atoms. The van der Waals surface area contributed by atoms with Crippen molar-refractivity contribution in [3.8, 4) is 0 Å². The zero-order valence-corrected chi connectivity index (χ0v) is 22.0. The zero-order valence-electron chi connectivity index (χ0n) is 20.4. The van der Waals surface area contributed by atoms with Crippen LogP contribution in [-0.4, -0.2) is 38.1 Å². The molecule has 0 radical (unpaired) electrons. The number of nitrogens with two attached hydrogens (primary N) is 1. The smallest absolute Gasteiger partial charge is 0.257 e. The number of carbonyl (C=O) groups excluding carboxylic acids is 1. The largest absolute Gasteiger partial charge is 0.330 e. The first-order valence-corrected chi connectivity index (χ1v) is 14.1. The van der Waals surface area contributed by atoms with Crippen LogP contribution in [0.5, 0.6) is 0 Å². The van der Waals surface area contributed by atoms with Crippen LogP contribution >= 0.6 is 23.7 Å². The van der Waals surface area contributed by atoms with Gasteiger partial charge in [0.2, 0.25) is 0 Å². The number of hydrogen-bond donors (Lipinski definition) is 3. The average molecular weight is 489 g/mol. The highest BCUT2D eigenvalue weighted by molar-refractivity contribution is 8.00. The number of amides is 1. The van der Waals surface area contributed by atoms with E-state index >= 15 is 0 Å². The summed E-state index contributed by atoms with van der Waals surface area (Å²) in [5.74, 6) is 1.05. The summed E-state index contributed by atoms with van der Waals surface area (Å²) >= 11 is 3.47. The van der Waals surface area contributed by atoms with Crippen molar-refractivity contribution < 1.29 is 4.79 Å². The molecule has 182 valence electrons. The summed E-state index contributed by atoms with van der Waals surface area (Å²) < 4.78 is 2.01. The number of hydrogen-bond acceptors (Lipinski definition) is 6. The molecule has 2 aromatic carbocycles. The van der Waals surface area contributed by atoms with Crippen molar-refractivity contribution in [1.29, 1.82) is 0 Å². The minimum absolute atomic E-state index is 0.0916. The van der Waals surface area contributed by atoms with E-state index in [0.29, 0.717) is 18.7 Å². The summed E-state index contributed by atoms with van der Waals surface area (Å²) in [6.07, 6.45) is 9.46. The lowest BCUT2D eigenvalue weighted by Gasteiger charge is -2.20. The Bertz CT molecular complexity index is 830. The Morgan fingerprint density at radius 2 is 1.79 bits per heavy atom. The third-order valence-corrected chi connectivity index (χ3v) is 7.28. The van der Waals surface area contributed by atoms with Gasteiger partial charge in [0, 0.05) is 30.4 Å². The highest BCUT2D eigenvalue weighted by atomic mass is 32.2. The molecule has 0 aliphatic heterocycles. The zero-order chi connectivity index (χ0) is 23.9. The first-order chi connectivity index (χ1) is 16.1. The van der Waals surface area contributed by atoms with Gasteiger partial charge in [-0.15, -0.1) is 11.8 Å². The van der Waals surface area contributed by atoms with E-state index in [0.717, 1.165) is 35.7 Å². The molecule has 0 saturated heterocycles. The van der Waals surface area contributed by atoms with E-state index in [4.69, 9.17) is 5.73 Å². The Morgan fingerprint density at radius 3 is 2.48 bits per heavy atom. The van der Waals surface area contributed by atoms with Gasteiger partial charge in [-0.05, 0) is 73.6 Å². The lowest BCUT2D eigenvalue weighted by molar-refractivity contribution is 0.102. The summed E-state index contributed by atoms with van der Waals surface area (Å²) in [7, 11) is 1.98. The molecule has 0 spiro atoms. The van der Waals surface area contributed by atoms with Crippen LogP contribution < -0.4 is 20.7 Å². The van der Waals surface area contributed by atoms with Gasteiger partial charge in [-0.3, -0.25) is 4.79 Å². The molecule has 2 rings (SSSR count). The summed E-state index contributed by atoms with van der Waals surface area (Å²) in [6, 6.07) is 14.3. The maximum Gasteiger partial charge on any atom is 0.257 e. The van der Waals surface area contributed by atoms with Gasteiger partial charge in [0.15, 0.2) is 0 Å². The van der Waals surface area contributed by atoms with Gasteiger partial charge in [-0.2, -0.15) is 0 Å². The van der Waals surface area contributed by atoms with Gasteiger partial charge in [0.1, 0.15) is 0 Å². The van der Waals surface area contributed by atoms with Gasteiger partial charge in [0.05, 0.1) is 11.3 Å². The van der Waals surface area contributed by atoms with Gasteiger partial charge >= 0.3 is 0 Å². The molecule has 0 bridgehead atoms. The van der Waals surface area contributed by atoms with Crippen molar-refractivity contribution in [3.63, 3.8) is 0 Å².